The van der Waals surface area contributed by atoms with Gasteiger partial charge in [-0.3, -0.25) is 4.79 Å². The fourth-order valence-electron chi connectivity index (χ4n) is 3.37. The Kier molecular flexibility index (Phi) is 6.54. The van der Waals surface area contributed by atoms with Crippen LogP contribution in [-0.2, 0) is 4.79 Å². The molecule has 27 heavy (non-hydrogen) atoms. The molecular weight excluding hydrogens is 342 g/mol. The highest BCUT2D eigenvalue weighted by Crippen LogP contribution is 2.29. The summed E-state index contributed by atoms with van der Waals surface area (Å²) in [7, 11) is 3.19. The average molecular weight is 370 g/mol. The Hall–Kier alpha value is -2.73. The number of hydrogen-bond donors (Lipinski definition) is 2. The highest BCUT2D eigenvalue weighted by atomic mass is 16.5. The summed E-state index contributed by atoms with van der Waals surface area (Å²) in [6, 6.07) is 15.9. The number of rotatable bonds is 7. The van der Waals surface area contributed by atoms with E-state index in [9.17, 15) is 4.79 Å². The van der Waals surface area contributed by atoms with E-state index in [1.807, 2.05) is 12.1 Å². The summed E-state index contributed by atoms with van der Waals surface area (Å²) in [6.07, 6.45) is 0.496. The fourth-order valence-corrected chi connectivity index (χ4v) is 3.37. The van der Waals surface area contributed by atoms with E-state index in [1.165, 1.54) is 10.6 Å². The van der Waals surface area contributed by atoms with E-state index < -0.39 is 0 Å². The van der Waals surface area contributed by atoms with E-state index in [-0.39, 0.29) is 5.91 Å². The van der Waals surface area contributed by atoms with E-state index in [0.717, 1.165) is 32.7 Å². The van der Waals surface area contributed by atoms with E-state index in [1.54, 1.807) is 26.4 Å². The van der Waals surface area contributed by atoms with Gasteiger partial charge in [0.25, 0.3) is 0 Å². The molecule has 1 heterocycles. The normalized spacial score (nSPS) is 14.7. The predicted octanol–water partition coefficient (Wildman–Crippen LogP) is 1.44. The lowest BCUT2D eigenvalue weighted by Crippen LogP contribution is -3.15. The van der Waals surface area contributed by atoms with Crippen molar-refractivity contribution in [3.63, 3.8) is 0 Å². The number of amides is 1. The molecule has 0 spiro atoms. The van der Waals surface area contributed by atoms with Crippen LogP contribution in [0.3, 0.4) is 0 Å². The van der Waals surface area contributed by atoms with Crippen LogP contribution in [0.25, 0.3) is 0 Å². The van der Waals surface area contributed by atoms with Gasteiger partial charge >= 0.3 is 0 Å². The standard InChI is InChI=1S/C21H27N3O3/c1-26-18-8-9-19(20(16-18)27-2)22-21(25)10-11-23-12-14-24(15-13-23)17-6-4-3-5-7-17/h3-9,16H,10-15H2,1-2H3,(H,22,25)/p+1. The Labute approximate surface area is 160 Å². The first-order valence-electron chi connectivity index (χ1n) is 9.35. The van der Waals surface area contributed by atoms with Crippen molar-refractivity contribution in [2.45, 2.75) is 6.42 Å². The average Bonchev–Trinajstić information content (AvgIpc) is 2.73. The zero-order chi connectivity index (χ0) is 19.1. The Morgan fingerprint density at radius 3 is 2.48 bits per heavy atom. The first-order valence-corrected chi connectivity index (χ1v) is 9.35. The number of piperazine rings is 1. The molecule has 0 saturated carbocycles. The van der Waals surface area contributed by atoms with Gasteiger partial charge in [0, 0.05) is 11.8 Å². The lowest BCUT2D eigenvalue weighted by molar-refractivity contribution is -0.900. The number of ether oxygens (including phenoxy) is 2. The number of anilines is 2. The van der Waals surface area contributed by atoms with Crippen molar-refractivity contribution in [1.82, 2.24) is 0 Å². The summed E-state index contributed by atoms with van der Waals surface area (Å²) in [6.45, 7) is 4.98. The van der Waals surface area contributed by atoms with Gasteiger partial charge in [0.2, 0.25) is 5.91 Å². The molecule has 6 heteroatoms. The van der Waals surface area contributed by atoms with Gasteiger partial charge in [-0.15, -0.1) is 0 Å². The van der Waals surface area contributed by atoms with Crippen LogP contribution in [0.4, 0.5) is 11.4 Å². The molecule has 1 aliphatic heterocycles. The summed E-state index contributed by atoms with van der Waals surface area (Å²) in [5.41, 5.74) is 1.95. The van der Waals surface area contributed by atoms with Gasteiger partial charge in [-0.05, 0) is 24.3 Å². The molecule has 0 atom stereocenters. The monoisotopic (exact) mass is 370 g/mol. The molecule has 1 fully saturated rings. The molecule has 1 amide bonds. The van der Waals surface area contributed by atoms with Crippen molar-refractivity contribution in [2.75, 3.05) is 57.2 Å². The number of para-hydroxylation sites is 1. The largest absolute Gasteiger partial charge is 0.497 e. The molecule has 6 nitrogen and oxygen atoms in total. The summed E-state index contributed by atoms with van der Waals surface area (Å²) in [5.74, 6) is 1.31. The van der Waals surface area contributed by atoms with Crippen molar-refractivity contribution in [3.8, 4) is 11.5 Å². The summed E-state index contributed by atoms with van der Waals surface area (Å²) < 4.78 is 10.5. The van der Waals surface area contributed by atoms with Crippen LogP contribution in [0.1, 0.15) is 6.42 Å². The van der Waals surface area contributed by atoms with Crippen molar-refractivity contribution < 1.29 is 19.2 Å². The lowest BCUT2D eigenvalue weighted by Gasteiger charge is -2.33. The Morgan fingerprint density at radius 1 is 1.07 bits per heavy atom. The smallest absolute Gasteiger partial charge is 0.230 e. The number of methoxy groups -OCH3 is 2. The molecule has 1 saturated heterocycles. The molecule has 0 unspecified atom stereocenters. The van der Waals surface area contributed by atoms with Gasteiger partial charge in [0.15, 0.2) is 0 Å². The highest BCUT2D eigenvalue weighted by molar-refractivity contribution is 5.92. The zero-order valence-electron chi connectivity index (χ0n) is 16.0. The second-order valence-corrected chi connectivity index (χ2v) is 6.69. The third-order valence-electron chi connectivity index (χ3n) is 4.98. The molecule has 3 rings (SSSR count). The Balaban J connectivity index is 1.45. The molecule has 144 valence electrons. The number of carbonyl (C=O) groups excluding carboxylic acids is 1. The van der Waals surface area contributed by atoms with Crippen LogP contribution in [0.5, 0.6) is 11.5 Å². The third kappa shape index (κ3) is 5.14. The highest BCUT2D eigenvalue weighted by Gasteiger charge is 2.21. The van der Waals surface area contributed by atoms with E-state index in [0.29, 0.717) is 23.6 Å². The molecular formula is C21H28N3O3+. The first-order chi connectivity index (χ1) is 13.2. The number of nitrogens with zero attached hydrogens (tertiary/aromatic N) is 1. The van der Waals surface area contributed by atoms with Crippen LogP contribution >= 0.6 is 0 Å². The predicted molar refractivity (Wildman–Crippen MR) is 107 cm³/mol. The van der Waals surface area contributed by atoms with Crippen LogP contribution in [0, 0.1) is 0 Å². The van der Waals surface area contributed by atoms with Gasteiger partial charge in [-0.2, -0.15) is 0 Å². The molecule has 0 bridgehead atoms. The van der Waals surface area contributed by atoms with Gasteiger partial charge in [-0.1, -0.05) is 18.2 Å². The van der Waals surface area contributed by atoms with Crippen molar-refractivity contribution >= 4 is 17.3 Å². The van der Waals surface area contributed by atoms with Gasteiger partial charge in [0.1, 0.15) is 11.5 Å². The molecule has 2 N–H and O–H groups in total. The Morgan fingerprint density at radius 2 is 1.81 bits per heavy atom. The number of nitrogens with one attached hydrogen (secondary N) is 2. The maximum atomic E-state index is 12.3. The van der Waals surface area contributed by atoms with Crippen molar-refractivity contribution in [1.29, 1.82) is 0 Å². The molecule has 0 aliphatic carbocycles. The Bertz CT molecular complexity index is 744. The lowest BCUT2D eigenvalue weighted by atomic mass is 10.2. The quantitative estimate of drug-likeness (QED) is 0.774. The number of carbonyl (C=O) groups is 1. The van der Waals surface area contributed by atoms with Crippen LogP contribution in [0.15, 0.2) is 48.5 Å². The van der Waals surface area contributed by atoms with Crippen LogP contribution in [0.2, 0.25) is 0 Å². The molecule has 2 aromatic carbocycles. The van der Waals surface area contributed by atoms with Crippen LogP contribution in [-0.4, -0.2) is 52.9 Å². The van der Waals surface area contributed by atoms with E-state index in [4.69, 9.17) is 9.47 Å². The number of quaternary nitrogens is 1. The van der Waals surface area contributed by atoms with E-state index in [2.05, 4.69) is 34.5 Å². The summed E-state index contributed by atoms with van der Waals surface area (Å²) in [5, 5.41) is 2.94. The topological polar surface area (TPSA) is 55.2 Å². The minimum Gasteiger partial charge on any atom is -0.497 e. The first kappa shape index (κ1) is 19.0. The van der Waals surface area contributed by atoms with Crippen LogP contribution < -0.4 is 24.6 Å². The molecule has 0 aromatic heterocycles. The second-order valence-electron chi connectivity index (χ2n) is 6.69. The van der Waals surface area contributed by atoms with Crippen molar-refractivity contribution in [2.24, 2.45) is 0 Å². The third-order valence-corrected chi connectivity index (χ3v) is 4.98. The number of hydrogen-bond acceptors (Lipinski definition) is 4. The zero-order valence-corrected chi connectivity index (χ0v) is 16.0. The summed E-state index contributed by atoms with van der Waals surface area (Å²) in [4.78, 5) is 16.2. The SMILES string of the molecule is COc1ccc(NC(=O)CC[NH+]2CCN(c3ccccc3)CC2)c(OC)c1. The maximum Gasteiger partial charge on any atom is 0.230 e. The maximum absolute atomic E-state index is 12.3. The van der Waals surface area contributed by atoms with Gasteiger partial charge in [-0.25, -0.2) is 0 Å². The van der Waals surface area contributed by atoms with Gasteiger partial charge < -0.3 is 24.6 Å². The molecule has 0 radical (unpaired) electrons. The van der Waals surface area contributed by atoms with Gasteiger partial charge in [0.05, 0.1) is 59.1 Å². The molecule has 1 aliphatic rings. The minimum atomic E-state index is 0.0106. The molecule has 2 aromatic rings. The minimum absolute atomic E-state index is 0.0106. The summed E-state index contributed by atoms with van der Waals surface area (Å²) >= 11 is 0. The fraction of sp³-hybridized carbons (Fsp3) is 0.381. The number of benzene rings is 2. The van der Waals surface area contributed by atoms with E-state index >= 15 is 0 Å². The second kappa shape index (κ2) is 9.28. The van der Waals surface area contributed by atoms with Crippen molar-refractivity contribution in [3.05, 3.63) is 48.5 Å².